The van der Waals surface area contributed by atoms with Crippen molar-refractivity contribution in [1.29, 1.82) is 0 Å². The number of nitrogens with one attached hydrogen (secondary N) is 1. The molecule has 0 saturated heterocycles. The molecule has 120 valence electrons. The average Bonchev–Trinajstić information content (AvgIpc) is 3.22. The summed E-state index contributed by atoms with van der Waals surface area (Å²) in [6, 6.07) is 7.53. The number of carbonyl (C=O) groups excluding carboxylic acids is 1. The summed E-state index contributed by atoms with van der Waals surface area (Å²) in [7, 11) is 0. The largest absolute Gasteiger partial charge is 0.364 e. The van der Waals surface area contributed by atoms with Gasteiger partial charge in [-0.25, -0.2) is 9.97 Å². The number of H-pyrrole nitrogens is 1. The Kier molecular flexibility index (Phi) is 3.36. The number of hydrogen-bond acceptors (Lipinski definition) is 5. The van der Waals surface area contributed by atoms with Gasteiger partial charge in [-0.2, -0.15) is 5.10 Å². The van der Waals surface area contributed by atoms with Crippen molar-refractivity contribution in [3.8, 4) is 17.1 Å². The maximum atomic E-state index is 11.4. The molecule has 1 aromatic carbocycles. The Bertz CT molecular complexity index is 1080. The van der Waals surface area contributed by atoms with Crippen molar-refractivity contribution in [2.75, 3.05) is 0 Å². The van der Waals surface area contributed by atoms with Crippen molar-refractivity contribution in [1.82, 2.24) is 24.7 Å². The number of primary amides is 1. The minimum atomic E-state index is -0.566. The number of hydrogen-bond donors (Lipinski definition) is 2. The number of imidazole rings is 1. The molecule has 0 aliphatic rings. The second-order valence-electron chi connectivity index (χ2n) is 5.14. The molecule has 3 aromatic heterocycles. The van der Waals surface area contributed by atoms with Crippen LogP contribution in [0.15, 0.2) is 30.6 Å². The second-order valence-corrected chi connectivity index (χ2v) is 6.54. The van der Waals surface area contributed by atoms with Crippen molar-refractivity contribution in [3.63, 3.8) is 0 Å². The summed E-state index contributed by atoms with van der Waals surface area (Å²) in [5.74, 6) is 0.0363. The molecule has 0 aliphatic carbocycles. The molecular weight excluding hydrogens is 348 g/mol. The van der Waals surface area contributed by atoms with E-state index in [2.05, 4.69) is 20.2 Å². The van der Waals surface area contributed by atoms with Crippen LogP contribution in [-0.4, -0.2) is 30.6 Å². The third-order valence-corrected chi connectivity index (χ3v) is 5.01. The first-order chi connectivity index (χ1) is 11.6. The quantitative estimate of drug-likeness (QED) is 0.587. The molecule has 24 heavy (non-hydrogen) atoms. The van der Waals surface area contributed by atoms with Crippen LogP contribution in [0.25, 0.3) is 27.4 Å². The first-order valence-corrected chi connectivity index (χ1v) is 8.19. The number of amides is 1. The van der Waals surface area contributed by atoms with E-state index in [4.69, 9.17) is 17.3 Å². The van der Waals surface area contributed by atoms with Gasteiger partial charge in [0, 0.05) is 10.6 Å². The predicted molar refractivity (Wildman–Crippen MR) is 92.6 cm³/mol. The minimum absolute atomic E-state index is 0.232. The van der Waals surface area contributed by atoms with Crippen LogP contribution in [0.2, 0.25) is 5.02 Å². The molecule has 1 amide bonds. The Hall–Kier alpha value is -2.71. The molecule has 0 fully saturated rings. The number of aromatic amines is 1. The Labute approximate surface area is 145 Å². The van der Waals surface area contributed by atoms with Crippen molar-refractivity contribution >= 4 is 39.2 Å². The van der Waals surface area contributed by atoms with Crippen molar-refractivity contribution in [2.24, 2.45) is 5.73 Å². The van der Waals surface area contributed by atoms with Crippen LogP contribution in [0.4, 0.5) is 0 Å². The molecule has 7 nitrogen and oxygen atoms in total. The Morgan fingerprint density at radius 3 is 2.92 bits per heavy atom. The Morgan fingerprint density at radius 2 is 2.17 bits per heavy atom. The van der Waals surface area contributed by atoms with E-state index in [0.29, 0.717) is 16.5 Å². The molecule has 9 heteroatoms. The third-order valence-electron chi connectivity index (χ3n) is 3.62. The summed E-state index contributed by atoms with van der Waals surface area (Å²) in [5.41, 5.74) is 8.33. The van der Waals surface area contributed by atoms with E-state index in [1.165, 1.54) is 11.3 Å². The average molecular weight is 359 g/mol. The summed E-state index contributed by atoms with van der Waals surface area (Å²) >= 11 is 7.53. The fourth-order valence-corrected chi connectivity index (χ4v) is 3.63. The minimum Gasteiger partial charge on any atom is -0.364 e. The zero-order valence-corrected chi connectivity index (χ0v) is 14.0. The topological polar surface area (TPSA) is 102 Å². The van der Waals surface area contributed by atoms with Crippen LogP contribution in [-0.2, 0) is 0 Å². The number of nitrogens with zero attached hydrogens (tertiary/aromatic N) is 4. The zero-order chi connectivity index (χ0) is 16.8. The number of aryl methyl sites for hydroxylation is 1. The standard InChI is InChI=1S/C15H11ClN6OS/c1-7-10(8-4-2-3-5-9(8)16)22(6-18-7)14-11-13(20-21-14)19-15(24-11)12(17)23/h2-6H,1H3,(H2,17,23)(H,20,21). The predicted octanol–water partition coefficient (Wildman–Crippen LogP) is 2.93. The molecule has 0 radical (unpaired) electrons. The van der Waals surface area contributed by atoms with Crippen LogP contribution >= 0.6 is 22.9 Å². The number of rotatable bonds is 3. The first kappa shape index (κ1) is 14.9. The lowest BCUT2D eigenvalue weighted by Gasteiger charge is -2.08. The summed E-state index contributed by atoms with van der Waals surface area (Å²) in [6.07, 6.45) is 1.67. The van der Waals surface area contributed by atoms with Crippen molar-refractivity contribution in [2.45, 2.75) is 6.92 Å². The fourth-order valence-electron chi connectivity index (χ4n) is 2.55. The van der Waals surface area contributed by atoms with Gasteiger partial charge in [0.2, 0.25) is 0 Å². The van der Waals surface area contributed by atoms with Gasteiger partial charge in [-0.05, 0) is 13.0 Å². The molecule has 4 rings (SSSR count). The van der Waals surface area contributed by atoms with Crippen LogP contribution < -0.4 is 5.73 Å². The highest BCUT2D eigenvalue weighted by atomic mass is 35.5. The Morgan fingerprint density at radius 1 is 1.38 bits per heavy atom. The third kappa shape index (κ3) is 2.19. The van der Waals surface area contributed by atoms with E-state index in [9.17, 15) is 4.79 Å². The zero-order valence-electron chi connectivity index (χ0n) is 12.4. The van der Waals surface area contributed by atoms with Gasteiger partial charge in [-0.3, -0.25) is 14.5 Å². The lowest BCUT2D eigenvalue weighted by Crippen LogP contribution is -2.10. The number of carbonyl (C=O) groups is 1. The van der Waals surface area contributed by atoms with Gasteiger partial charge in [-0.15, -0.1) is 11.3 Å². The second kappa shape index (κ2) is 5.43. The van der Waals surface area contributed by atoms with E-state index < -0.39 is 5.91 Å². The van der Waals surface area contributed by atoms with Gasteiger partial charge in [0.15, 0.2) is 16.5 Å². The van der Waals surface area contributed by atoms with Gasteiger partial charge in [0.25, 0.3) is 5.91 Å². The highest BCUT2D eigenvalue weighted by Crippen LogP contribution is 2.34. The number of halogens is 1. The van der Waals surface area contributed by atoms with Crippen molar-refractivity contribution in [3.05, 3.63) is 46.3 Å². The molecule has 0 spiro atoms. The number of fused-ring (bicyclic) bond motifs is 1. The van der Waals surface area contributed by atoms with Gasteiger partial charge < -0.3 is 5.73 Å². The molecule has 0 aliphatic heterocycles. The van der Waals surface area contributed by atoms with Gasteiger partial charge in [0.1, 0.15) is 11.0 Å². The Balaban J connectivity index is 1.96. The van der Waals surface area contributed by atoms with Crippen molar-refractivity contribution < 1.29 is 4.79 Å². The number of thiazole rings is 1. The van der Waals surface area contributed by atoms with Crippen LogP contribution in [0.5, 0.6) is 0 Å². The van der Waals surface area contributed by atoms with E-state index in [-0.39, 0.29) is 5.01 Å². The molecule has 4 aromatic rings. The fraction of sp³-hybridized carbons (Fsp3) is 0.0667. The van der Waals surface area contributed by atoms with Crippen LogP contribution in [0.1, 0.15) is 15.5 Å². The molecule has 0 atom stereocenters. The maximum Gasteiger partial charge on any atom is 0.277 e. The lowest BCUT2D eigenvalue weighted by atomic mass is 10.1. The number of benzene rings is 1. The molecule has 0 unspecified atom stereocenters. The van der Waals surface area contributed by atoms with E-state index in [1.54, 1.807) is 6.33 Å². The number of nitrogens with two attached hydrogens (primary N) is 1. The normalized spacial score (nSPS) is 11.2. The highest BCUT2D eigenvalue weighted by Gasteiger charge is 2.20. The molecule has 3 N–H and O–H groups in total. The lowest BCUT2D eigenvalue weighted by molar-refractivity contribution is 0.1000. The number of aromatic nitrogens is 5. The molecule has 3 heterocycles. The molecule has 0 bridgehead atoms. The van der Waals surface area contributed by atoms with E-state index in [0.717, 1.165) is 21.7 Å². The highest BCUT2D eigenvalue weighted by molar-refractivity contribution is 7.20. The van der Waals surface area contributed by atoms with Gasteiger partial charge in [-0.1, -0.05) is 29.8 Å². The van der Waals surface area contributed by atoms with Crippen LogP contribution in [0, 0.1) is 6.92 Å². The summed E-state index contributed by atoms with van der Waals surface area (Å²) < 4.78 is 2.56. The van der Waals surface area contributed by atoms with Crippen LogP contribution in [0.3, 0.4) is 0 Å². The first-order valence-electron chi connectivity index (χ1n) is 7.00. The summed E-state index contributed by atoms with van der Waals surface area (Å²) in [4.78, 5) is 19.9. The summed E-state index contributed by atoms with van der Waals surface area (Å²) in [6.45, 7) is 1.90. The van der Waals surface area contributed by atoms with Gasteiger partial charge >= 0.3 is 0 Å². The summed E-state index contributed by atoms with van der Waals surface area (Å²) in [5, 5.41) is 7.98. The van der Waals surface area contributed by atoms with Gasteiger partial charge in [0.05, 0.1) is 11.4 Å². The SMILES string of the molecule is Cc1ncn(-c2n[nH]c3nc(C(N)=O)sc23)c1-c1ccccc1Cl. The molecule has 0 saturated carbocycles. The van der Waals surface area contributed by atoms with E-state index >= 15 is 0 Å². The maximum absolute atomic E-state index is 11.4. The smallest absolute Gasteiger partial charge is 0.277 e. The monoisotopic (exact) mass is 358 g/mol. The van der Waals surface area contributed by atoms with E-state index in [1.807, 2.05) is 35.8 Å². The molecular formula is C15H11ClN6OS.